The Labute approximate surface area is 199 Å². The van der Waals surface area contributed by atoms with Gasteiger partial charge in [-0.2, -0.15) is 0 Å². The lowest BCUT2D eigenvalue weighted by atomic mass is 9.90. The average Bonchev–Trinajstić information content (AvgIpc) is 3.22. The number of ether oxygens (including phenoxy) is 1. The number of nitrogens with zero attached hydrogens (tertiary/aromatic N) is 1. The molecule has 2 heterocycles. The van der Waals surface area contributed by atoms with Crippen LogP contribution in [0.3, 0.4) is 0 Å². The smallest absolute Gasteiger partial charge is 0.271 e. The van der Waals surface area contributed by atoms with Gasteiger partial charge in [-0.15, -0.1) is 0 Å². The fraction of sp³-hybridized carbons (Fsp3) is 0.250. The third-order valence-electron chi connectivity index (χ3n) is 6.40. The van der Waals surface area contributed by atoms with Crippen molar-refractivity contribution in [3.05, 3.63) is 90.1 Å². The van der Waals surface area contributed by atoms with Gasteiger partial charge in [-0.1, -0.05) is 60.3 Å². The molecule has 4 aromatic rings. The maximum absolute atomic E-state index is 13.6. The normalized spacial score (nSPS) is 14.5. The van der Waals surface area contributed by atoms with E-state index in [1.807, 2.05) is 41.3 Å². The van der Waals surface area contributed by atoms with E-state index in [9.17, 15) is 4.79 Å². The Bertz CT molecular complexity index is 1230. The quantitative estimate of drug-likeness (QED) is 0.364. The summed E-state index contributed by atoms with van der Waals surface area (Å²) in [5, 5.41) is 1.05. The van der Waals surface area contributed by atoms with Crippen molar-refractivity contribution in [1.29, 1.82) is 0 Å². The lowest BCUT2D eigenvalue weighted by molar-refractivity contribution is 0.0682. The predicted octanol–water partition coefficient (Wildman–Crippen LogP) is 6.42. The molecule has 0 unspecified atom stereocenters. The molecule has 1 saturated heterocycles. The number of carbonyl (C=O) groups excluding carboxylic acids is 1. The van der Waals surface area contributed by atoms with Crippen molar-refractivity contribution >= 4 is 28.6 Å². The topological polar surface area (TPSA) is 45.3 Å². The van der Waals surface area contributed by atoms with Crippen LogP contribution in [0.5, 0.6) is 5.75 Å². The molecule has 0 radical (unpaired) electrons. The first-order chi connectivity index (χ1) is 16.2. The molecule has 0 saturated carbocycles. The van der Waals surface area contributed by atoms with E-state index in [1.54, 1.807) is 18.9 Å². The van der Waals surface area contributed by atoms with Crippen LogP contribution in [-0.4, -0.2) is 36.0 Å². The number of hydrogen-bond acceptors (Lipinski definition) is 3. The van der Waals surface area contributed by atoms with Crippen molar-refractivity contribution in [3.63, 3.8) is 0 Å². The Morgan fingerprint density at radius 3 is 2.39 bits per heavy atom. The molecule has 5 heteroatoms. The Morgan fingerprint density at radius 1 is 1.00 bits per heavy atom. The highest BCUT2D eigenvalue weighted by atomic mass is 32.2. The first-order valence-electron chi connectivity index (χ1n) is 11.5. The number of amides is 1. The highest BCUT2D eigenvalue weighted by molar-refractivity contribution is 7.99. The van der Waals surface area contributed by atoms with Crippen molar-refractivity contribution in [1.82, 2.24) is 9.88 Å². The van der Waals surface area contributed by atoms with Crippen molar-refractivity contribution in [2.45, 2.75) is 29.1 Å². The van der Waals surface area contributed by atoms with Crippen LogP contribution >= 0.6 is 11.8 Å². The van der Waals surface area contributed by atoms with Crippen LogP contribution in [0.4, 0.5) is 0 Å². The van der Waals surface area contributed by atoms with Crippen molar-refractivity contribution in [2.75, 3.05) is 20.2 Å². The molecule has 33 heavy (non-hydrogen) atoms. The molecule has 4 nitrogen and oxygen atoms in total. The van der Waals surface area contributed by atoms with Crippen molar-refractivity contribution in [2.24, 2.45) is 5.92 Å². The number of hydrogen-bond donors (Lipinski definition) is 1. The van der Waals surface area contributed by atoms with E-state index in [2.05, 4.69) is 47.4 Å². The number of likely N-dealkylation sites (tertiary alicyclic amines) is 1. The molecule has 0 bridgehead atoms. The van der Waals surface area contributed by atoms with Gasteiger partial charge in [-0.05, 0) is 55.0 Å². The number of carbonyl (C=O) groups is 1. The Morgan fingerprint density at radius 2 is 1.70 bits per heavy atom. The van der Waals surface area contributed by atoms with E-state index >= 15 is 0 Å². The SMILES string of the molecule is COc1ccc2c(Sc3ccccc3)c(C(=O)N3CCC(Cc4ccccc4)CC3)[nH]c2c1. The van der Waals surface area contributed by atoms with Crippen LogP contribution in [0.2, 0.25) is 0 Å². The molecule has 1 aromatic heterocycles. The Hall–Kier alpha value is -3.18. The van der Waals surface area contributed by atoms with E-state index in [0.717, 1.165) is 58.8 Å². The lowest BCUT2D eigenvalue weighted by Crippen LogP contribution is -2.39. The molecule has 1 N–H and O–H groups in total. The minimum absolute atomic E-state index is 0.0850. The second-order valence-corrected chi connectivity index (χ2v) is 9.66. The van der Waals surface area contributed by atoms with Gasteiger partial charge in [-0.3, -0.25) is 4.79 Å². The summed E-state index contributed by atoms with van der Waals surface area (Å²) in [7, 11) is 1.66. The van der Waals surface area contributed by atoms with Gasteiger partial charge in [0.05, 0.1) is 17.5 Å². The van der Waals surface area contributed by atoms with Gasteiger partial charge >= 0.3 is 0 Å². The summed E-state index contributed by atoms with van der Waals surface area (Å²) >= 11 is 1.64. The number of aromatic nitrogens is 1. The average molecular weight is 457 g/mol. The summed E-state index contributed by atoms with van der Waals surface area (Å²) in [6.45, 7) is 1.59. The van der Waals surface area contributed by atoms with E-state index in [1.165, 1.54) is 5.56 Å². The Balaban J connectivity index is 1.38. The molecule has 0 aliphatic carbocycles. The second-order valence-electron chi connectivity index (χ2n) is 8.58. The first kappa shape index (κ1) is 21.7. The summed E-state index contributed by atoms with van der Waals surface area (Å²) in [5.74, 6) is 1.49. The maximum atomic E-state index is 13.6. The minimum atomic E-state index is 0.0850. The fourth-order valence-corrected chi connectivity index (χ4v) is 5.64. The van der Waals surface area contributed by atoms with E-state index in [-0.39, 0.29) is 5.91 Å². The van der Waals surface area contributed by atoms with E-state index < -0.39 is 0 Å². The Kier molecular flexibility index (Phi) is 6.40. The monoisotopic (exact) mass is 456 g/mol. The van der Waals surface area contributed by atoms with Crippen LogP contribution in [-0.2, 0) is 6.42 Å². The van der Waals surface area contributed by atoms with Crippen LogP contribution in [0.1, 0.15) is 28.9 Å². The van der Waals surface area contributed by atoms with Gasteiger partial charge in [0.25, 0.3) is 5.91 Å². The molecule has 3 aromatic carbocycles. The summed E-state index contributed by atoms with van der Waals surface area (Å²) in [4.78, 5) is 21.2. The van der Waals surface area contributed by atoms with Gasteiger partial charge in [0.1, 0.15) is 11.4 Å². The largest absolute Gasteiger partial charge is 0.497 e. The van der Waals surface area contributed by atoms with Gasteiger partial charge in [-0.25, -0.2) is 0 Å². The number of benzene rings is 3. The second kappa shape index (κ2) is 9.75. The highest BCUT2D eigenvalue weighted by Crippen LogP contribution is 2.38. The van der Waals surface area contributed by atoms with Crippen LogP contribution < -0.4 is 4.74 Å². The summed E-state index contributed by atoms with van der Waals surface area (Å²) in [5.41, 5.74) is 2.98. The molecule has 168 valence electrons. The highest BCUT2D eigenvalue weighted by Gasteiger charge is 2.27. The van der Waals surface area contributed by atoms with E-state index in [0.29, 0.717) is 11.6 Å². The van der Waals surface area contributed by atoms with Crippen molar-refractivity contribution < 1.29 is 9.53 Å². The molecular formula is C28H28N2O2S. The zero-order valence-electron chi connectivity index (χ0n) is 18.8. The maximum Gasteiger partial charge on any atom is 0.271 e. The van der Waals surface area contributed by atoms with E-state index in [4.69, 9.17) is 4.74 Å². The first-order valence-corrected chi connectivity index (χ1v) is 12.3. The minimum Gasteiger partial charge on any atom is -0.497 e. The molecule has 5 rings (SSSR count). The number of fused-ring (bicyclic) bond motifs is 1. The molecule has 1 fully saturated rings. The molecule has 1 aliphatic rings. The number of methoxy groups -OCH3 is 1. The van der Waals surface area contributed by atoms with Gasteiger partial charge in [0.15, 0.2) is 0 Å². The summed E-state index contributed by atoms with van der Waals surface area (Å²) in [6, 6.07) is 26.8. The number of nitrogens with one attached hydrogen (secondary N) is 1. The van der Waals surface area contributed by atoms with Crippen LogP contribution in [0, 0.1) is 5.92 Å². The predicted molar refractivity (Wildman–Crippen MR) is 134 cm³/mol. The fourth-order valence-electron chi connectivity index (χ4n) is 4.59. The van der Waals surface area contributed by atoms with Gasteiger partial charge < -0.3 is 14.6 Å². The molecule has 0 spiro atoms. The van der Waals surface area contributed by atoms with Crippen molar-refractivity contribution in [3.8, 4) is 5.75 Å². The zero-order chi connectivity index (χ0) is 22.6. The third-order valence-corrected chi connectivity index (χ3v) is 7.54. The number of piperidine rings is 1. The standard InChI is InChI=1S/C28H28N2O2S/c1-32-22-12-13-24-25(19-22)29-26(27(24)33-23-10-6-3-7-11-23)28(31)30-16-14-21(15-17-30)18-20-8-4-2-5-9-20/h2-13,19,21,29H,14-18H2,1H3. The van der Waals surface area contributed by atoms with Gasteiger partial charge in [0.2, 0.25) is 0 Å². The lowest BCUT2D eigenvalue weighted by Gasteiger charge is -2.32. The number of aromatic amines is 1. The third kappa shape index (κ3) is 4.79. The van der Waals surface area contributed by atoms with Gasteiger partial charge in [0, 0.05) is 29.4 Å². The number of rotatable bonds is 6. The summed E-state index contributed by atoms with van der Waals surface area (Å²) < 4.78 is 5.40. The van der Waals surface area contributed by atoms with Crippen LogP contribution in [0.15, 0.2) is 88.7 Å². The van der Waals surface area contributed by atoms with Crippen LogP contribution in [0.25, 0.3) is 10.9 Å². The number of H-pyrrole nitrogens is 1. The molecule has 1 aliphatic heterocycles. The summed E-state index contributed by atoms with van der Waals surface area (Å²) in [6.07, 6.45) is 3.16. The molecule has 0 atom stereocenters. The molecule has 1 amide bonds. The molecular weight excluding hydrogens is 428 g/mol. The zero-order valence-corrected chi connectivity index (χ0v) is 19.6.